The Labute approximate surface area is 173 Å². The van der Waals surface area contributed by atoms with Crippen LogP contribution in [0.1, 0.15) is 11.1 Å². The van der Waals surface area contributed by atoms with Crippen LogP contribution in [0.25, 0.3) is 0 Å². The number of amides is 1. The van der Waals surface area contributed by atoms with Gasteiger partial charge in [0.05, 0.1) is 26.2 Å². The summed E-state index contributed by atoms with van der Waals surface area (Å²) in [5.41, 5.74) is 1.82. The summed E-state index contributed by atoms with van der Waals surface area (Å²) >= 11 is 7.49. The molecule has 0 radical (unpaired) electrons. The van der Waals surface area contributed by atoms with E-state index in [4.69, 9.17) is 21.1 Å². The van der Waals surface area contributed by atoms with Crippen molar-refractivity contribution < 1.29 is 14.3 Å². The van der Waals surface area contributed by atoms with Crippen LogP contribution in [0.5, 0.6) is 11.5 Å². The van der Waals surface area contributed by atoms with Crippen LogP contribution in [0.15, 0.2) is 52.7 Å². The van der Waals surface area contributed by atoms with E-state index in [1.54, 1.807) is 31.4 Å². The molecule has 1 saturated heterocycles. The molecular weight excluding hydrogens is 398 g/mol. The monoisotopic (exact) mass is 417 g/mol. The number of hydrogen-bond donors (Lipinski definition) is 0. The fraction of sp³-hybridized carbons (Fsp3) is 0.250. The summed E-state index contributed by atoms with van der Waals surface area (Å²) in [6.45, 7) is 0.516. The molecule has 1 aliphatic heterocycles. The third-order valence-electron chi connectivity index (χ3n) is 4.17. The second kappa shape index (κ2) is 9.61. The Hall–Kier alpha value is -2.51. The summed E-state index contributed by atoms with van der Waals surface area (Å²) in [5, 5.41) is 9.51. The standard InChI is InChI=1S/C20H20ClN3O3S/c1-26-17-8-7-14(11-18(17)27-2)9-10-24-19(25)13-28-20(24)23-22-12-15-5-3-4-6-16(15)21/h3-8,11-12H,9-10,13H2,1-2H3/b22-12-,23-20-. The third-order valence-corrected chi connectivity index (χ3v) is 5.47. The van der Waals surface area contributed by atoms with E-state index >= 15 is 0 Å². The highest BCUT2D eigenvalue weighted by molar-refractivity contribution is 8.15. The fourth-order valence-electron chi connectivity index (χ4n) is 2.69. The van der Waals surface area contributed by atoms with Gasteiger partial charge in [-0.2, -0.15) is 5.10 Å². The van der Waals surface area contributed by atoms with Crippen molar-refractivity contribution in [1.29, 1.82) is 0 Å². The first kappa shape index (κ1) is 20.2. The first-order chi connectivity index (χ1) is 13.6. The Balaban J connectivity index is 1.68. The summed E-state index contributed by atoms with van der Waals surface area (Å²) in [7, 11) is 3.20. The third kappa shape index (κ3) is 4.85. The van der Waals surface area contributed by atoms with Crippen LogP contribution in [0.2, 0.25) is 5.02 Å². The summed E-state index contributed by atoms with van der Waals surface area (Å²) in [5.74, 6) is 1.74. The molecule has 1 fully saturated rings. The first-order valence-corrected chi connectivity index (χ1v) is 9.98. The quantitative estimate of drug-likeness (QED) is 0.506. The second-order valence-corrected chi connectivity index (χ2v) is 7.27. The molecular formula is C20H20ClN3O3S. The summed E-state index contributed by atoms with van der Waals surface area (Å²) in [6, 6.07) is 13.1. The average molecular weight is 418 g/mol. The Morgan fingerprint density at radius 3 is 2.71 bits per heavy atom. The molecule has 2 aromatic carbocycles. The van der Waals surface area contributed by atoms with E-state index in [2.05, 4.69) is 10.2 Å². The molecule has 6 nitrogen and oxygen atoms in total. The first-order valence-electron chi connectivity index (χ1n) is 8.62. The summed E-state index contributed by atoms with van der Waals surface area (Å²) < 4.78 is 10.6. The zero-order chi connectivity index (χ0) is 19.9. The molecule has 28 heavy (non-hydrogen) atoms. The van der Waals surface area contributed by atoms with Gasteiger partial charge in [0.2, 0.25) is 5.91 Å². The van der Waals surface area contributed by atoms with Crippen LogP contribution in [-0.4, -0.2) is 48.7 Å². The largest absolute Gasteiger partial charge is 0.493 e. The van der Waals surface area contributed by atoms with E-state index in [9.17, 15) is 4.79 Å². The Kier molecular flexibility index (Phi) is 6.95. The normalized spacial score (nSPS) is 15.6. The number of nitrogens with zero attached hydrogens (tertiary/aromatic N) is 3. The Morgan fingerprint density at radius 1 is 1.18 bits per heavy atom. The van der Waals surface area contributed by atoms with Crippen molar-refractivity contribution in [3.63, 3.8) is 0 Å². The molecule has 146 valence electrons. The van der Waals surface area contributed by atoms with Gasteiger partial charge in [0.1, 0.15) is 0 Å². The van der Waals surface area contributed by atoms with Crippen molar-refractivity contribution in [2.75, 3.05) is 26.5 Å². The van der Waals surface area contributed by atoms with E-state index in [1.807, 2.05) is 36.4 Å². The Morgan fingerprint density at radius 2 is 1.96 bits per heavy atom. The number of halogens is 1. The van der Waals surface area contributed by atoms with Crippen molar-refractivity contribution in [3.05, 3.63) is 58.6 Å². The number of carbonyl (C=O) groups is 1. The number of rotatable bonds is 7. The molecule has 2 aromatic rings. The number of carbonyl (C=O) groups excluding carboxylic acids is 1. The van der Waals surface area contributed by atoms with Gasteiger partial charge in [-0.3, -0.25) is 9.69 Å². The number of benzene rings is 2. The molecule has 0 bridgehead atoms. The van der Waals surface area contributed by atoms with Gasteiger partial charge in [0.15, 0.2) is 16.7 Å². The van der Waals surface area contributed by atoms with Gasteiger partial charge in [0.25, 0.3) is 0 Å². The smallest absolute Gasteiger partial charge is 0.239 e. The molecule has 1 aliphatic rings. The maximum atomic E-state index is 12.2. The minimum Gasteiger partial charge on any atom is -0.493 e. The van der Waals surface area contributed by atoms with E-state index < -0.39 is 0 Å². The molecule has 3 rings (SSSR count). The molecule has 0 saturated carbocycles. The zero-order valence-corrected chi connectivity index (χ0v) is 17.2. The van der Waals surface area contributed by atoms with Crippen LogP contribution < -0.4 is 9.47 Å². The molecule has 1 heterocycles. The molecule has 0 aromatic heterocycles. The molecule has 0 aliphatic carbocycles. The van der Waals surface area contributed by atoms with E-state index in [-0.39, 0.29) is 5.91 Å². The van der Waals surface area contributed by atoms with Crippen LogP contribution in [0, 0.1) is 0 Å². The van der Waals surface area contributed by atoms with Crippen molar-refractivity contribution in [2.24, 2.45) is 10.2 Å². The zero-order valence-electron chi connectivity index (χ0n) is 15.6. The summed E-state index contributed by atoms with van der Waals surface area (Å²) in [6.07, 6.45) is 2.26. The van der Waals surface area contributed by atoms with Crippen LogP contribution in [0.3, 0.4) is 0 Å². The Bertz CT molecular complexity index is 917. The van der Waals surface area contributed by atoms with Crippen molar-refractivity contribution in [2.45, 2.75) is 6.42 Å². The van der Waals surface area contributed by atoms with Crippen molar-refractivity contribution in [3.8, 4) is 11.5 Å². The summed E-state index contributed by atoms with van der Waals surface area (Å²) in [4.78, 5) is 13.9. The number of thioether (sulfide) groups is 1. The van der Waals surface area contributed by atoms with Crippen molar-refractivity contribution >= 4 is 40.7 Å². The number of hydrogen-bond acceptors (Lipinski definition) is 6. The highest BCUT2D eigenvalue weighted by Crippen LogP contribution is 2.28. The maximum Gasteiger partial charge on any atom is 0.239 e. The van der Waals surface area contributed by atoms with Crippen LogP contribution >= 0.6 is 23.4 Å². The van der Waals surface area contributed by atoms with Gasteiger partial charge in [-0.25, -0.2) is 0 Å². The molecule has 1 amide bonds. The lowest BCUT2D eigenvalue weighted by Gasteiger charge is -2.16. The van der Waals surface area contributed by atoms with Gasteiger partial charge in [0, 0.05) is 17.1 Å². The van der Waals surface area contributed by atoms with Gasteiger partial charge in [-0.1, -0.05) is 47.6 Å². The average Bonchev–Trinajstić information content (AvgIpc) is 3.07. The topological polar surface area (TPSA) is 63.5 Å². The van der Waals surface area contributed by atoms with Crippen molar-refractivity contribution in [1.82, 2.24) is 4.90 Å². The molecule has 0 N–H and O–H groups in total. The lowest BCUT2D eigenvalue weighted by Crippen LogP contribution is -2.31. The van der Waals surface area contributed by atoms with Gasteiger partial charge in [-0.15, -0.1) is 5.10 Å². The number of methoxy groups -OCH3 is 2. The van der Waals surface area contributed by atoms with Gasteiger partial charge >= 0.3 is 0 Å². The lowest BCUT2D eigenvalue weighted by molar-refractivity contribution is -0.124. The minimum atomic E-state index is 0.0252. The van der Waals surface area contributed by atoms with E-state index in [0.29, 0.717) is 40.4 Å². The van der Waals surface area contributed by atoms with Gasteiger partial charge < -0.3 is 9.47 Å². The molecule has 8 heteroatoms. The number of amidine groups is 1. The van der Waals surface area contributed by atoms with E-state index in [1.165, 1.54) is 11.8 Å². The predicted molar refractivity (Wildman–Crippen MR) is 114 cm³/mol. The molecule has 0 spiro atoms. The van der Waals surface area contributed by atoms with Crippen LogP contribution in [-0.2, 0) is 11.2 Å². The predicted octanol–water partition coefficient (Wildman–Crippen LogP) is 3.87. The fourth-order valence-corrected chi connectivity index (χ4v) is 3.74. The SMILES string of the molecule is COc1ccc(CCN2C(=O)CS/C2=N\N=C/c2ccccc2Cl)cc1OC. The highest BCUT2D eigenvalue weighted by atomic mass is 35.5. The highest BCUT2D eigenvalue weighted by Gasteiger charge is 2.28. The molecule has 0 unspecified atom stereocenters. The van der Waals surface area contributed by atoms with Gasteiger partial charge in [-0.05, 0) is 30.2 Å². The van der Waals surface area contributed by atoms with Crippen LogP contribution in [0.4, 0.5) is 0 Å². The lowest BCUT2D eigenvalue weighted by atomic mass is 10.1. The second-order valence-electron chi connectivity index (χ2n) is 5.92. The minimum absolute atomic E-state index is 0.0252. The van der Waals surface area contributed by atoms with E-state index in [0.717, 1.165) is 11.1 Å². The molecule has 0 atom stereocenters. The number of ether oxygens (including phenoxy) is 2. The maximum absolute atomic E-state index is 12.2.